The summed E-state index contributed by atoms with van der Waals surface area (Å²) in [7, 11) is 0. The Hall–Kier alpha value is -1.30. The molecule has 52 valence electrons. The lowest BCUT2D eigenvalue weighted by molar-refractivity contribution is 0.403. The summed E-state index contributed by atoms with van der Waals surface area (Å²) >= 11 is 0. The van der Waals surface area contributed by atoms with E-state index < -0.39 is 0 Å². The highest BCUT2D eigenvalue weighted by molar-refractivity contribution is 5.29. The second-order valence-corrected chi connectivity index (χ2v) is 2.05. The smallest absolute Gasteiger partial charge is 0.239 e. The van der Waals surface area contributed by atoms with Crippen LogP contribution in [0.15, 0.2) is 4.52 Å². The molecule has 0 saturated heterocycles. The van der Waals surface area contributed by atoms with Gasteiger partial charge in [-0.15, -0.1) is 0 Å². The van der Waals surface area contributed by atoms with Crippen LogP contribution in [0.2, 0.25) is 0 Å². The molecule has 0 amide bonds. The third kappa shape index (κ3) is 0.883. The average molecular weight is 136 g/mol. The van der Waals surface area contributed by atoms with Gasteiger partial charge in [-0.3, -0.25) is 0 Å². The van der Waals surface area contributed by atoms with E-state index in [4.69, 9.17) is 9.78 Å². The molecule has 0 N–H and O–H groups in total. The summed E-state index contributed by atoms with van der Waals surface area (Å²) in [6.07, 6.45) is 0.816. The molecule has 1 rings (SSSR count). The molecule has 0 fully saturated rings. The number of hydrogen-bond donors (Lipinski definition) is 0. The quantitative estimate of drug-likeness (QED) is 0.586. The molecule has 3 nitrogen and oxygen atoms in total. The van der Waals surface area contributed by atoms with E-state index in [9.17, 15) is 0 Å². The first-order chi connectivity index (χ1) is 4.79. The first kappa shape index (κ1) is 6.81. The standard InChI is InChI=1S/C7H8N2O/c1-3-6-5(2)7(4-8)10-9-6/h3H2,1-2H3. The highest BCUT2D eigenvalue weighted by atomic mass is 16.5. The van der Waals surface area contributed by atoms with Gasteiger partial charge < -0.3 is 4.52 Å². The van der Waals surface area contributed by atoms with Gasteiger partial charge in [0.15, 0.2) is 0 Å². The maximum atomic E-state index is 8.44. The summed E-state index contributed by atoms with van der Waals surface area (Å²) in [4.78, 5) is 0. The summed E-state index contributed by atoms with van der Waals surface area (Å²) in [6.45, 7) is 3.82. The van der Waals surface area contributed by atoms with Crippen molar-refractivity contribution in [3.63, 3.8) is 0 Å². The zero-order chi connectivity index (χ0) is 7.56. The predicted octanol–water partition coefficient (Wildman–Crippen LogP) is 1.42. The highest BCUT2D eigenvalue weighted by Gasteiger charge is 2.07. The number of aryl methyl sites for hydroxylation is 1. The molecular weight excluding hydrogens is 128 g/mol. The molecule has 0 aromatic carbocycles. The van der Waals surface area contributed by atoms with Crippen LogP contribution < -0.4 is 0 Å². The lowest BCUT2D eigenvalue weighted by atomic mass is 10.2. The van der Waals surface area contributed by atoms with E-state index in [2.05, 4.69) is 5.16 Å². The number of nitriles is 1. The van der Waals surface area contributed by atoms with Crippen molar-refractivity contribution < 1.29 is 4.52 Å². The molecule has 1 heterocycles. The fourth-order valence-corrected chi connectivity index (χ4v) is 0.803. The van der Waals surface area contributed by atoms with Gasteiger partial charge in [0.05, 0.1) is 5.69 Å². The Morgan fingerprint density at radius 3 is 2.70 bits per heavy atom. The number of aromatic nitrogens is 1. The van der Waals surface area contributed by atoms with Crippen LogP contribution in [0.1, 0.15) is 23.9 Å². The van der Waals surface area contributed by atoms with Gasteiger partial charge in [0.2, 0.25) is 5.76 Å². The molecule has 0 saturated carbocycles. The lowest BCUT2D eigenvalue weighted by Gasteiger charge is -1.84. The van der Waals surface area contributed by atoms with Crippen LogP contribution in [0.25, 0.3) is 0 Å². The average Bonchev–Trinajstić information content (AvgIpc) is 2.30. The van der Waals surface area contributed by atoms with Crippen LogP contribution >= 0.6 is 0 Å². The van der Waals surface area contributed by atoms with Crippen molar-refractivity contribution in [1.29, 1.82) is 5.26 Å². The molecule has 0 aliphatic heterocycles. The minimum Gasteiger partial charge on any atom is -0.345 e. The van der Waals surface area contributed by atoms with Crippen molar-refractivity contribution >= 4 is 0 Å². The zero-order valence-corrected chi connectivity index (χ0v) is 6.01. The Morgan fingerprint density at radius 2 is 2.40 bits per heavy atom. The third-order valence-corrected chi connectivity index (χ3v) is 1.46. The van der Waals surface area contributed by atoms with E-state index in [0.29, 0.717) is 5.76 Å². The van der Waals surface area contributed by atoms with Gasteiger partial charge in [-0.25, -0.2) is 0 Å². The summed E-state index contributed by atoms with van der Waals surface area (Å²) in [5.41, 5.74) is 1.74. The molecule has 1 aromatic heterocycles. The van der Waals surface area contributed by atoms with E-state index in [1.807, 2.05) is 19.9 Å². The number of rotatable bonds is 1. The van der Waals surface area contributed by atoms with Crippen LogP contribution in [-0.2, 0) is 6.42 Å². The summed E-state index contributed by atoms with van der Waals surface area (Å²) in [6, 6.07) is 1.92. The maximum Gasteiger partial charge on any atom is 0.239 e. The minimum atomic E-state index is 0.330. The topological polar surface area (TPSA) is 49.8 Å². The van der Waals surface area contributed by atoms with E-state index in [-0.39, 0.29) is 0 Å². The molecule has 0 aliphatic carbocycles. The molecule has 0 bridgehead atoms. The predicted molar refractivity (Wildman–Crippen MR) is 35.3 cm³/mol. The Kier molecular flexibility index (Phi) is 1.72. The number of hydrogen-bond acceptors (Lipinski definition) is 3. The highest BCUT2D eigenvalue weighted by Crippen LogP contribution is 2.11. The summed E-state index contributed by atoms with van der Waals surface area (Å²) in [5, 5.41) is 12.2. The van der Waals surface area contributed by atoms with Gasteiger partial charge in [0.25, 0.3) is 0 Å². The van der Waals surface area contributed by atoms with Crippen molar-refractivity contribution in [2.24, 2.45) is 0 Å². The molecule has 0 spiro atoms. The zero-order valence-electron chi connectivity index (χ0n) is 6.01. The minimum absolute atomic E-state index is 0.330. The Bertz CT molecular complexity index is 270. The largest absolute Gasteiger partial charge is 0.345 e. The second-order valence-electron chi connectivity index (χ2n) is 2.05. The van der Waals surface area contributed by atoms with Gasteiger partial charge in [0, 0.05) is 5.56 Å². The molecule has 0 aliphatic rings. The van der Waals surface area contributed by atoms with Crippen molar-refractivity contribution in [1.82, 2.24) is 5.16 Å². The van der Waals surface area contributed by atoms with Gasteiger partial charge in [-0.05, 0) is 13.3 Å². The van der Waals surface area contributed by atoms with Gasteiger partial charge in [-0.2, -0.15) is 5.26 Å². The first-order valence-electron chi connectivity index (χ1n) is 3.14. The van der Waals surface area contributed by atoms with E-state index >= 15 is 0 Å². The molecular formula is C7H8N2O. The fraction of sp³-hybridized carbons (Fsp3) is 0.429. The Labute approximate surface area is 59.2 Å². The third-order valence-electron chi connectivity index (χ3n) is 1.46. The lowest BCUT2D eigenvalue weighted by Crippen LogP contribution is -1.82. The molecule has 0 atom stereocenters. The number of nitrogens with zero attached hydrogens (tertiary/aromatic N) is 2. The van der Waals surface area contributed by atoms with Crippen LogP contribution in [0.3, 0.4) is 0 Å². The van der Waals surface area contributed by atoms with Gasteiger partial charge >= 0.3 is 0 Å². The second kappa shape index (κ2) is 2.53. The van der Waals surface area contributed by atoms with Crippen molar-refractivity contribution in [2.75, 3.05) is 0 Å². The normalized spacial score (nSPS) is 9.30. The van der Waals surface area contributed by atoms with E-state index in [1.54, 1.807) is 0 Å². The SMILES string of the molecule is CCc1noc(C#N)c1C. The Morgan fingerprint density at radius 1 is 1.70 bits per heavy atom. The molecule has 10 heavy (non-hydrogen) atoms. The van der Waals surface area contributed by atoms with Crippen LogP contribution in [0, 0.1) is 18.3 Å². The maximum absolute atomic E-state index is 8.44. The molecule has 1 aromatic rings. The van der Waals surface area contributed by atoms with Crippen molar-refractivity contribution in [3.05, 3.63) is 17.0 Å². The van der Waals surface area contributed by atoms with Crippen LogP contribution in [-0.4, -0.2) is 5.16 Å². The summed E-state index contributed by atoms with van der Waals surface area (Å²) < 4.78 is 4.72. The Balaban J connectivity index is 3.12. The fourth-order valence-electron chi connectivity index (χ4n) is 0.803. The first-order valence-corrected chi connectivity index (χ1v) is 3.14. The van der Waals surface area contributed by atoms with Crippen molar-refractivity contribution in [3.8, 4) is 6.07 Å². The van der Waals surface area contributed by atoms with Gasteiger partial charge in [-0.1, -0.05) is 12.1 Å². The molecule has 3 heteroatoms. The van der Waals surface area contributed by atoms with E-state index in [0.717, 1.165) is 17.7 Å². The summed E-state index contributed by atoms with van der Waals surface area (Å²) in [5.74, 6) is 0.330. The monoisotopic (exact) mass is 136 g/mol. The molecule has 0 radical (unpaired) electrons. The van der Waals surface area contributed by atoms with E-state index in [1.165, 1.54) is 0 Å². The van der Waals surface area contributed by atoms with Crippen LogP contribution in [0.5, 0.6) is 0 Å². The van der Waals surface area contributed by atoms with Crippen LogP contribution in [0.4, 0.5) is 0 Å². The van der Waals surface area contributed by atoms with Crippen molar-refractivity contribution in [2.45, 2.75) is 20.3 Å². The molecule has 0 unspecified atom stereocenters. The van der Waals surface area contributed by atoms with Gasteiger partial charge in [0.1, 0.15) is 6.07 Å².